The number of hydrogen-bond donors (Lipinski definition) is 1. The maximum atomic E-state index is 13.9. The minimum absolute atomic E-state index is 0.0982. The summed E-state index contributed by atoms with van der Waals surface area (Å²) in [7, 11) is 0. The normalized spacial score (nSPS) is 10.7. The van der Waals surface area contributed by atoms with Crippen molar-refractivity contribution in [2.45, 2.75) is 20.8 Å². The molecule has 0 bridgehead atoms. The molecule has 0 fully saturated rings. The molecule has 1 N–H and O–H groups in total. The van der Waals surface area contributed by atoms with Crippen molar-refractivity contribution in [2.75, 3.05) is 16.8 Å². The number of rotatable bonds is 5. The number of nitrogens with one attached hydrogen (secondary N) is 1. The van der Waals surface area contributed by atoms with Crippen LogP contribution in [0.5, 0.6) is 0 Å². The minimum atomic E-state index is -1.54. The first-order chi connectivity index (χ1) is 12.9. The van der Waals surface area contributed by atoms with Gasteiger partial charge in [0.1, 0.15) is 5.82 Å². The predicted octanol–water partition coefficient (Wildman–Crippen LogP) is 5.41. The summed E-state index contributed by atoms with van der Waals surface area (Å²) in [6.45, 7) is 6.42. The molecular weight excluding hydrogens is 353 g/mol. The van der Waals surface area contributed by atoms with Gasteiger partial charge in [-0.3, -0.25) is 0 Å². The topological polar surface area (TPSA) is 41.1 Å². The molecule has 0 saturated carbocycles. The fraction of sp³-hybridized carbons (Fsp3) is 0.200. The van der Waals surface area contributed by atoms with Crippen LogP contribution in [-0.2, 0) is 0 Å². The number of benzene rings is 2. The Morgan fingerprint density at radius 3 is 2.44 bits per heavy atom. The van der Waals surface area contributed by atoms with Gasteiger partial charge in [-0.25, -0.2) is 18.2 Å². The minimum Gasteiger partial charge on any atom is -0.326 e. The lowest BCUT2D eigenvalue weighted by Crippen LogP contribution is -2.18. The van der Waals surface area contributed by atoms with Crippen LogP contribution in [0.3, 0.4) is 0 Å². The summed E-state index contributed by atoms with van der Waals surface area (Å²) in [6, 6.07) is 11.7. The molecule has 7 heteroatoms. The highest BCUT2D eigenvalue weighted by Crippen LogP contribution is 2.27. The molecule has 3 aromatic rings. The first-order valence-corrected chi connectivity index (χ1v) is 8.49. The molecule has 0 aliphatic heterocycles. The van der Waals surface area contributed by atoms with E-state index in [-0.39, 0.29) is 11.6 Å². The average molecular weight is 372 g/mol. The molecule has 2 aromatic carbocycles. The molecule has 1 aromatic heterocycles. The van der Waals surface area contributed by atoms with E-state index in [4.69, 9.17) is 0 Å². The maximum absolute atomic E-state index is 13.9. The Labute approximate surface area is 155 Å². The molecule has 1 heterocycles. The van der Waals surface area contributed by atoms with Crippen LogP contribution in [0.1, 0.15) is 18.2 Å². The molecule has 3 rings (SSSR count). The van der Waals surface area contributed by atoms with Crippen LogP contribution in [0.25, 0.3) is 0 Å². The molecule has 140 valence electrons. The van der Waals surface area contributed by atoms with E-state index in [1.807, 2.05) is 43.0 Å². The molecule has 0 saturated heterocycles. The van der Waals surface area contributed by atoms with Gasteiger partial charge < -0.3 is 10.2 Å². The van der Waals surface area contributed by atoms with E-state index in [1.54, 1.807) is 13.0 Å². The maximum Gasteiger partial charge on any atom is 0.229 e. The van der Waals surface area contributed by atoms with Crippen LogP contribution >= 0.6 is 0 Å². The molecule has 4 nitrogen and oxygen atoms in total. The van der Waals surface area contributed by atoms with E-state index in [1.165, 1.54) is 0 Å². The second-order valence-electron chi connectivity index (χ2n) is 6.12. The van der Waals surface area contributed by atoms with Gasteiger partial charge in [-0.05, 0) is 50.6 Å². The highest BCUT2D eigenvalue weighted by molar-refractivity contribution is 5.63. The van der Waals surface area contributed by atoms with Gasteiger partial charge in [0.05, 0.1) is 5.69 Å². The average Bonchev–Trinajstić information content (AvgIpc) is 2.63. The van der Waals surface area contributed by atoms with Crippen molar-refractivity contribution in [1.29, 1.82) is 0 Å². The summed E-state index contributed by atoms with van der Waals surface area (Å²) < 4.78 is 40.5. The zero-order chi connectivity index (χ0) is 19.6. The quantitative estimate of drug-likeness (QED) is 0.608. The molecule has 0 radical (unpaired) electrons. The Morgan fingerprint density at radius 1 is 0.963 bits per heavy atom. The van der Waals surface area contributed by atoms with E-state index in [0.717, 1.165) is 23.4 Å². The van der Waals surface area contributed by atoms with E-state index in [2.05, 4.69) is 15.3 Å². The molecule has 0 amide bonds. The second-order valence-corrected chi connectivity index (χ2v) is 6.12. The van der Waals surface area contributed by atoms with E-state index < -0.39 is 17.5 Å². The molecule has 0 spiro atoms. The van der Waals surface area contributed by atoms with E-state index in [9.17, 15) is 13.2 Å². The Morgan fingerprint density at radius 2 is 1.74 bits per heavy atom. The highest BCUT2D eigenvalue weighted by Gasteiger charge is 2.16. The van der Waals surface area contributed by atoms with Crippen molar-refractivity contribution in [3.8, 4) is 0 Å². The molecule has 0 unspecified atom stereocenters. The van der Waals surface area contributed by atoms with Crippen molar-refractivity contribution < 1.29 is 13.2 Å². The molecule has 0 aliphatic rings. The molecule has 0 aliphatic carbocycles. The second kappa shape index (κ2) is 7.65. The fourth-order valence-corrected chi connectivity index (χ4v) is 2.76. The van der Waals surface area contributed by atoms with Gasteiger partial charge in [0.2, 0.25) is 5.95 Å². The lowest BCUT2D eigenvalue weighted by Gasteiger charge is -2.23. The van der Waals surface area contributed by atoms with Gasteiger partial charge in [-0.1, -0.05) is 12.1 Å². The van der Waals surface area contributed by atoms with Crippen LogP contribution in [0, 0.1) is 31.3 Å². The van der Waals surface area contributed by atoms with E-state index in [0.29, 0.717) is 18.1 Å². The third kappa shape index (κ3) is 4.02. The van der Waals surface area contributed by atoms with Crippen LogP contribution in [0.2, 0.25) is 0 Å². The Hall–Kier alpha value is -3.09. The van der Waals surface area contributed by atoms with Crippen molar-refractivity contribution in [2.24, 2.45) is 0 Å². The summed E-state index contributed by atoms with van der Waals surface area (Å²) in [5, 5.41) is 2.63. The molecular formula is C20H19F3N4. The number of nitrogens with zero attached hydrogens (tertiary/aromatic N) is 3. The van der Waals surface area contributed by atoms with Crippen molar-refractivity contribution in [3.63, 3.8) is 0 Å². The Bertz CT molecular complexity index is 975. The first kappa shape index (κ1) is 18.7. The monoisotopic (exact) mass is 372 g/mol. The predicted molar refractivity (Wildman–Crippen MR) is 100 cm³/mol. The number of hydrogen-bond acceptors (Lipinski definition) is 4. The third-order valence-electron chi connectivity index (χ3n) is 4.03. The van der Waals surface area contributed by atoms with Crippen molar-refractivity contribution in [3.05, 3.63) is 71.2 Å². The summed E-state index contributed by atoms with van der Waals surface area (Å²) in [5.74, 6) is -3.39. The number of aromatic nitrogens is 2. The van der Waals surface area contributed by atoms with Gasteiger partial charge in [0.25, 0.3) is 0 Å². The zero-order valence-electron chi connectivity index (χ0n) is 15.2. The number of anilines is 4. The van der Waals surface area contributed by atoms with Gasteiger partial charge in [-0.2, -0.15) is 4.98 Å². The van der Waals surface area contributed by atoms with Crippen LogP contribution in [0.4, 0.5) is 36.3 Å². The van der Waals surface area contributed by atoms with Crippen LogP contribution in [0.15, 0.2) is 42.5 Å². The number of aryl methyl sites for hydroxylation is 2. The Balaban J connectivity index is 1.98. The third-order valence-corrected chi connectivity index (χ3v) is 4.03. The zero-order valence-corrected chi connectivity index (χ0v) is 15.2. The van der Waals surface area contributed by atoms with Gasteiger partial charge in [-0.15, -0.1) is 0 Å². The lowest BCUT2D eigenvalue weighted by molar-refractivity contribution is 0.449. The summed E-state index contributed by atoms with van der Waals surface area (Å²) in [4.78, 5) is 10.6. The SMILES string of the molecule is CCN(c1cccc(C)c1)c1cc(C)nc(Nc2ccc(F)c(F)c2F)n1. The highest BCUT2D eigenvalue weighted by atomic mass is 19.2. The largest absolute Gasteiger partial charge is 0.326 e. The van der Waals surface area contributed by atoms with Crippen LogP contribution in [-0.4, -0.2) is 16.5 Å². The van der Waals surface area contributed by atoms with Crippen molar-refractivity contribution >= 4 is 23.1 Å². The lowest BCUT2D eigenvalue weighted by atomic mass is 10.2. The van der Waals surface area contributed by atoms with E-state index >= 15 is 0 Å². The summed E-state index contributed by atoms with van der Waals surface area (Å²) >= 11 is 0. The standard InChI is InChI=1S/C20H19F3N4/c1-4-27(14-7-5-6-12(2)10-14)17-11-13(3)24-20(26-17)25-16-9-8-15(21)18(22)19(16)23/h5-11H,4H2,1-3H3,(H,24,25,26). The Kier molecular flexibility index (Phi) is 5.30. The summed E-state index contributed by atoms with van der Waals surface area (Å²) in [5.41, 5.74) is 2.49. The van der Waals surface area contributed by atoms with Gasteiger partial charge in [0.15, 0.2) is 17.5 Å². The molecule has 0 atom stereocenters. The number of halogens is 3. The van der Waals surface area contributed by atoms with Gasteiger partial charge >= 0.3 is 0 Å². The first-order valence-electron chi connectivity index (χ1n) is 8.49. The summed E-state index contributed by atoms with van der Waals surface area (Å²) in [6.07, 6.45) is 0. The fourth-order valence-electron chi connectivity index (χ4n) is 2.76. The van der Waals surface area contributed by atoms with Gasteiger partial charge in [0, 0.05) is 24.0 Å². The molecule has 27 heavy (non-hydrogen) atoms. The van der Waals surface area contributed by atoms with Crippen molar-refractivity contribution in [1.82, 2.24) is 9.97 Å². The van der Waals surface area contributed by atoms with Crippen LogP contribution < -0.4 is 10.2 Å². The smallest absolute Gasteiger partial charge is 0.229 e.